The van der Waals surface area contributed by atoms with Gasteiger partial charge in [0.05, 0.1) is 11.4 Å². The Labute approximate surface area is 137 Å². The van der Waals surface area contributed by atoms with Gasteiger partial charge in [-0.3, -0.25) is 3.97 Å². The SMILES string of the molecule is Cl.O=S(=O)(Cc1ccccc1)n1ccc(N2CCNCC2)c1. The third-order valence-electron chi connectivity index (χ3n) is 3.65. The molecule has 1 fully saturated rings. The van der Waals surface area contributed by atoms with Crippen molar-refractivity contribution in [3.63, 3.8) is 0 Å². The quantitative estimate of drug-likeness (QED) is 0.919. The number of aromatic nitrogens is 1. The number of rotatable bonds is 4. The van der Waals surface area contributed by atoms with Gasteiger partial charge in [0.15, 0.2) is 0 Å². The summed E-state index contributed by atoms with van der Waals surface area (Å²) in [6.45, 7) is 3.68. The van der Waals surface area contributed by atoms with Crippen LogP contribution in [0.5, 0.6) is 0 Å². The first-order chi connectivity index (χ1) is 10.1. The minimum Gasteiger partial charge on any atom is -0.368 e. The van der Waals surface area contributed by atoms with Crippen molar-refractivity contribution in [3.8, 4) is 0 Å². The standard InChI is InChI=1S/C15H19N3O2S.ClH/c19-21(20,13-14-4-2-1-3-5-14)18-9-6-15(12-18)17-10-7-16-8-11-17;/h1-6,9,12,16H,7-8,10-11,13H2;1H. The zero-order valence-corrected chi connectivity index (χ0v) is 13.8. The summed E-state index contributed by atoms with van der Waals surface area (Å²) in [5.74, 6) is 0.0174. The summed E-state index contributed by atoms with van der Waals surface area (Å²) < 4.78 is 26.2. The first-order valence-electron chi connectivity index (χ1n) is 7.06. The molecule has 5 nitrogen and oxygen atoms in total. The summed E-state index contributed by atoms with van der Waals surface area (Å²) in [6.07, 6.45) is 3.35. The Balaban J connectivity index is 0.00000176. The van der Waals surface area contributed by atoms with Gasteiger partial charge in [0.2, 0.25) is 10.0 Å². The molecule has 3 rings (SSSR count). The molecule has 2 aromatic rings. The van der Waals surface area contributed by atoms with E-state index in [4.69, 9.17) is 0 Å². The fourth-order valence-electron chi connectivity index (χ4n) is 2.51. The number of halogens is 1. The zero-order chi connectivity index (χ0) is 14.7. The van der Waals surface area contributed by atoms with E-state index >= 15 is 0 Å². The van der Waals surface area contributed by atoms with Crippen molar-refractivity contribution in [2.24, 2.45) is 0 Å². The topological polar surface area (TPSA) is 54.3 Å². The maximum absolute atomic E-state index is 12.4. The van der Waals surface area contributed by atoms with Crippen LogP contribution in [0.4, 0.5) is 5.69 Å². The second-order valence-electron chi connectivity index (χ2n) is 5.18. The van der Waals surface area contributed by atoms with E-state index in [-0.39, 0.29) is 18.2 Å². The van der Waals surface area contributed by atoms with Gasteiger partial charge >= 0.3 is 0 Å². The van der Waals surface area contributed by atoms with Crippen molar-refractivity contribution >= 4 is 28.1 Å². The van der Waals surface area contributed by atoms with Crippen LogP contribution in [0.25, 0.3) is 0 Å². The number of piperazine rings is 1. The van der Waals surface area contributed by atoms with Crippen LogP contribution in [-0.4, -0.2) is 38.6 Å². The van der Waals surface area contributed by atoms with E-state index in [1.165, 1.54) is 3.97 Å². The Hall–Kier alpha value is -1.50. The van der Waals surface area contributed by atoms with Gasteiger partial charge in [-0.05, 0) is 11.6 Å². The van der Waals surface area contributed by atoms with E-state index < -0.39 is 10.0 Å². The maximum atomic E-state index is 12.4. The number of nitrogens with zero attached hydrogens (tertiary/aromatic N) is 2. The van der Waals surface area contributed by atoms with E-state index in [1.54, 1.807) is 12.4 Å². The second kappa shape index (κ2) is 7.17. The number of nitrogens with one attached hydrogen (secondary N) is 1. The van der Waals surface area contributed by atoms with E-state index in [0.29, 0.717) is 0 Å². The molecule has 1 aliphatic heterocycles. The Bertz CT molecular complexity index is 695. The highest BCUT2D eigenvalue weighted by Crippen LogP contribution is 2.18. The van der Waals surface area contributed by atoms with Crippen LogP contribution in [0, 0.1) is 0 Å². The van der Waals surface area contributed by atoms with Crippen molar-refractivity contribution in [3.05, 3.63) is 54.4 Å². The summed E-state index contributed by atoms with van der Waals surface area (Å²) >= 11 is 0. The minimum atomic E-state index is -3.36. The van der Waals surface area contributed by atoms with E-state index in [0.717, 1.165) is 37.4 Å². The molecule has 2 heterocycles. The molecule has 0 bridgehead atoms. The van der Waals surface area contributed by atoms with Gasteiger partial charge in [-0.2, -0.15) is 0 Å². The van der Waals surface area contributed by atoms with Crippen LogP contribution in [-0.2, 0) is 15.8 Å². The normalized spacial score (nSPS) is 15.4. The molecule has 22 heavy (non-hydrogen) atoms. The molecular formula is C15H20ClN3O2S. The average Bonchev–Trinajstić information content (AvgIpc) is 2.99. The van der Waals surface area contributed by atoms with Gasteiger partial charge in [-0.15, -0.1) is 12.4 Å². The molecule has 1 aromatic carbocycles. The predicted molar refractivity (Wildman–Crippen MR) is 91.2 cm³/mol. The number of anilines is 1. The lowest BCUT2D eigenvalue weighted by molar-refractivity contribution is 0.584. The van der Waals surface area contributed by atoms with Crippen LogP contribution in [0.3, 0.4) is 0 Å². The zero-order valence-electron chi connectivity index (χ0n) is 12.2. The molecule has 0 atom stereocenters. The number of hydrogen-bond donors (Lipinski definition) is 1. The van der Waals surface area contributed by atoms with E-state index in [2.05, 4.69) is 10.2 Å². The first kappa shape index (κ1) is 16.9. The van der Waals surface area contributed by atoms with E-state index in [1.807, 2.05) is 36.4 Å². The lowest BCUT2D eigenvalue weighted by atomic mass is 10.2. The number of hydrogen-bond acceptors (Lipinski definition) is 4. The molecule has 1 N–H and O–H groups in total. The molecule has 120 valence electrons. The van der Waals surface area contributed by atoms with Crippen molar-refractivity contribution in [1.82, 2.24) is 9.29 Å². The Morgan fingerprint density at radius 2 is 1.73 bits per heavy atom. The van der Waals surface area contributed by atoms with Crippen molar-refractivity contribution in [2.75, 3.05) is 31.1 Å². The molecule has 1 aromatic heterocycles. The van der Waals surface area contributed by atoms with Crippen LogP contribution in [0.2, 0.25) is 0 Å². The Morgan fingerprint density at radius 1 is 1.05 bits per heavy atom. The number of benzene rings is 1. The van der Waals surface area contributed by atoms with Gasteiger partial charge < -0.3 is 10.2 Å². The molecule has 0 saturated carbocycles. The van der Waals surface area contributed by atoms with Gasteiger partial charge in [0.1, 0.15) is 0 Å². The first-order valence-corrected chi connectivity index (χ1v) is 8.67. The fraction of sp³-hybridized carbons (Fsp3) is 0.333. The Kier molecular flexibility index (Phi) is 5.50. The van der Waals surface area contributed by atoms with Crippen LogP contribution in [0.15, 0.2) is 48.8 Å². The molecule has 0 unspecified atom stereocenters. The summed E-state index contributed by atoms with van der Waals surface area (Å²) in [5.41, 5.74) is 1.77. The molecule has 1 saturated heterocycles. The molecule has 7 heteroatoms. The highest BCUT2D eigenvalue weighted by Gasteiger charge is 2.17. The molecule has 0 spiro atoms. The van der Waals surface area contributed by atoms with Crippen LogP contribution < -0.4 is 10.2 Å². The summed E-state index contributed by atoms with van der Waals surface area (Å²) in [5, 5.41) is 3.29. The third kappa shape index (κ3) is 3.82. The Morgan fingerprint density at radius 3 is 2.41 bits per heavy atom. The van der Waals surface area contributed by atoms with E-state index in [9.17, 15) is 8.42 Å². The lowest BCUT2D eigenvalue weighted by Crippen LogP contribution is -2.43. The molecule has 1 aliphatic rings. The predicted octanol–water partition coefficient (Wildman–Crippen LogP) is 1.70. The highest BCUT2D eigenvalue weighted by atomic mass is 35.5. The summed E-state index contributed by atoms with van der Waals surface area (Å²) in [4.78, 5) is 2.20. The molecule has 0 radical (unpaired) electrons. The van der Waals surface area contributed by atoms with Crippen LogP contribution in [0.1, 0.15) is 5.56 Å². The average molecular weight is 342 g/mol. The third-order valence-corrected chi connectivity index (χ3v) is 5.21. The van der Waals surface area contributed by atoms with Gasteiger partial charge in [-0.25, -0.2) is 8.42 Å². The molecular weight excluding hydrogens is 322 g/mol. The summed E-state index contributed by atoms with van der Waals surface area (Å²) in [6, 6.07) is 11.1. The summed E-state index contributed by atoms with van der Waals surface area (Å²) in [7, 11) is -3.36. The smallest absolute Gasteiger partial charge is 0.242 e. The maximum Gasteiger partial charge on any atom is 0.242 e. The van der Waals surface area contributed by atoms with Crippen molar-refractivity contribution in [2.45, 2.75) is 5.75 Å². The fourth-order valence-corrected chi connectivity index (χ4v) is 3.79. The van der Waals surface area contributed by atoms with Crippen molar-refractivity contribution < 1.29 is 8.42 Å². The molecule has 0 amide bonds. The van der Waals surface area contributed by atoms with Gasteiger partial charge in [-0.1, -0.05) is 30.3 Å². The second-order valence-corrected chi connectivity index (χ2v) is 7.05. The van der Waals surface area contributed by atoms with Gasteiger partial charge in [0, 0.05) is 38.6 Å². The molecule has 0 aliphatic carbocycles. The monoisotopic (exact) mass is 341 g/mol. The van der Waals surface area contributed by atoms with Gasteiger partial charge in [0.25, 0.3) is 0 Å². The van der Waals surface area contributed by atoms with Crippen LogP contribution >= 0.6 is 12.4 Å². The largest absolute Gasteiger partial charge is 0.368 e. The highest BCUT2D eigenvalue weighted by molar-refractivity contribution is 7.89. The van der Waals surface area contributed by atoms with Crippen molar-refractivity contribution in [1.29, 1.82) is 0 Å². The minimum absolute atomic E-state index is 0. The lowest BCUT2D eigenvalue weighted by Gasteiger charge is -2.28.